The molecule has 4 nitrogen and oxygen atoms in total. The van der Waals surface area contributed by atoms with Gasteiger partial charge in [0.15, 0.2) is 11.6 Å². The van der Waals surface area contributed by atoms with Gasteiger partial charge in [-0.15, -0.1) is 0 Å². The van der Waals surface area contributed by atoms with E-state index in [0.29, 0.717) is 6.42 Å². The first-order chi connectivity index (χ1) is 10.8. The lowest BCUT2D eigenvalue weighted by molar-refractivity contribution is -0.122. The summed E-state index contributed by atoms with van der Waals surface area (Å²) in [5.74, 6) is -1.99. The molecular formula is C17H18F2N2O2. The third kappa shape index (κ3) is 4.50. The second-order valence-electron chi connectivity index (χ2n) is 5.64. The second-order valence-corrected chi connectivity index (χ2v) is 5.64. The van der Waals surface area contributed by atoms with Gasteiger partial charge in [-0.3, -0.25) is 4.79 Å². The summed E-state index contributed by atoms with van der Waals surface area (Å²) < 4.78 is 31.6. The monoisotopic (exact) mass is 320 g/mol. The van der Waals surface area contributed by atoms with Crippen molar-refractivity contribution in [3.63, 3.8) is 0 Å². The molecule has 2 aromatic carbocycles. The molecule has 6 heteroatoms. The molecule has 1 atom stereocenters. The maximum absolute atomic E-state index is 13.5. The molecule has 4 N–H and O–H groups in total. The highest BCUT2D eigenvalue weighted by molar-refractivity contribution is 5.84. The molecule has 0 saturated carbocycles. The Morgan fingerprint density at radius 1 is 1.13 bits per heavy atom. The zero-order chi connectivity index (χ0) is 17.0. The quantitative estimate of drug-likeness (QED) is 0.857. The molecule has 0 fully saturated rings. The van der Waals surface area contributed by atoms with E-state index in [4.69, 9.17) is 16.2 Å². The standard InChI is InChI=1S/C17H18F2N2O2/c1-17(21,16(20)22)9-11-2-4-12(5-3-11)10-23-15-7-6-13(18)8-14(15)19/h2-8H,9-10,21H2,1H3,(H2,20,22). The lowest BCUT2D eigenvalue weighted by atomic mass is 9.93. The Morgan fingerprint density at radius 3 is 2.30 bits per heavy atom. The van der Waals surface area contributed by atoms with Crippen molar-refractivity contribution in [2.24, 2.45) is 11.5 Å². The van der Waals surface area contributed by atoms with Gasteiger partial charge in [-0.25, -0.2) is 8.78 Å². The molecule has 0 radical (unpaired) electrons. The number of primary amides is 1. The Labute approximate surface area is 133 Å². The molecular weight excluding hydrogens is 302 g/mol. The van der Waals surface area contributed by atoms with Crippen LogP contribution in [-0.4, -0.2) is 11.4 Å². The van der Waals surface area contributed by atoms with Gasteiger partial charge in [-0.05, 0) is 36.6 Å². The number of amides is 1. The highest BCUT2D eigenvalue weighted by Crippen LogP contribution is 2.19. The van der Waals surface area contributed by atoms with Crippen LogP contribution >= 0.6 is 0 Å². The summed E-state index contributed by atoms with van der Waals surface area (Å²) in [6.07, 6.45) is 0.316. The second kappa shape index (κ2) is 6.75. The van der Waals surface area contributed by atoms with Crippen molar-refractivity contribution in [3.05, 3.63) is 65.2 Å². The number of hydrogen-bond donors (Lipinski definition) is 2. The van der Waals surface area contributed by atoms with Crippen LogP contribution in [0.3, 0.4) is 0 Å². The van der Waals surface area contributed by atoms with Crippen LogP contribution in [0.15, 0.2) is 42.5 Å². The summed E-state index contributed by atoms with van der Waals surface area (Å²) in [5.41, 5.74) is 11.6. The van der Waals surface area contributed by atoms with Crippen LogP contribution in [0.4, 0.5) is 8.78 Å². The Morgan fingerprint density at radius 2 is 1.74 bits per heavy atom. The number of hydrogen-bond acceptors (Lipinski definition) is 3. The maximum atomic E-state index is 13.5. The van der Waals surface area contributed by atoms with E-state index >= 15 is 0 Å². The lowest BCUT2D eigenvalue weighted by Crippen LogP contribution is -2.51. The van der Waals surface area contributed by atoms with E-state index in [0.717, 1.165) is 23.3 Å². The van der Waals surface area contributed by atoms with Crippen LogP contribution in [0.2, 0.25) is 0 Å². The first-order valence-corrected chi connectivity index (χ1v) is 7.02. The average Bonchev–Trinajstić information content (AvgIpc) is 2.47. The van der Waals surface area contributed by atoms with E-state index in [1.54, 1.807) is 31.2 Å². The van der Waals surface area contributed by atoms with E-state index in [9.17, 15) is 13.6 Å². The number of benzene rings is 2. The summed E-state index contributed by atoms with van der Waals surface area (Å²) in [7, 11) is 0. The van der Waals surface area contributed by atoms with Gasteiger partial charge < -0.3 is 16.2 Å². The molecule has 1 amide bonds. The Hall–Kier alpha value is -2.47. The summed E-state index contributed by atoms with van der Waals surface area (Å²) in [6, 6.07) is 10.3. The predicted molar refractivity (Wildman–Crippen MR) is 82.6 cm³/mol. The molecule has 0 aromatic heterocycles. The predicted octanol–water partition coefficient (Wildman–Crippen LogP) is 2.29. The van der Waals surface area contributed by atoms with Gasteiger partial charge >= 0.3 is 0 Å². The molecule has 0 heterocycles. The van der Waals surface area contributed by atoms with E-state index < -0.39 is 23.1 Å². The van der Waals surface area contributed by atoms with E-state index in [1.807, 2.05) is 0 Å². The minimum absolute atomic E-state index is 0.0151. The van der Waals surface area contributed by atoms with Crippen molar-refractivity contribution in [2.75, 3.05) is 0 Å². The SMILES string of the molecule is CC(N)(Cc1ccc(COc2ccc(F)cc2F)cc1)C(N)=O. The Kier molecular flexibility index (Phi) is 4.95. The zero-order valence-corrected chi connectivity index (χ0v) is 12.7. The molecule has 0 aliphatic carbocycles. The van der Waals surface area contributed by atoms with Gasteiger partial charge in [0.05, 0.1) is 5.54 Å². The summed E-state index contributed by atoms with van der Waals surface area (Å²) in [5, 5.41) is 0. The molecule has 122 valence electrons. The van der Waals surface area contributed by atoms with Crippen LogP contribution in [0.5, 0.6) is 5.75 Å². The molecule has 0 spiro atoms. The maximum Gasteiger partial charge on any atom is 0.237 e. The smallest absolute Gasteiger partial charge is 0.237 e. The van der Waals surface area contributed by atoms with Crippen molar-refractivity contribution in [1.29, 1.82) is 0 Å². The molecule has 0 aliphatic rings. The number of rotatable bonds is 6. The van der Waals surface area contributed by atoms with Crippen molar-refractivity contribution in [3.8, 4) is 5.75 Å². The number of carbonyl (C=O) groups is 1. The molecule has 1 unspecified atom stereocenters. The molecule has 0 saturated heterocycles. The third-order valence-corrected chi connectivity index (χ3v) is 3.45. The van der Waals surface area contributed by atoms with Crippen molar-refractivity contribution >= 4 is 5.91 Å². The summed E-state index contributed by atoms with van der Waals surface area (Å²) >= 11 is 0. The fourth-order valence-corrected chi connectivity index (χ4v) is 2.02. The zero-order valence-electron chi connectivity index (χ0n) is 12.7. The van der Waals surface area contributed by atoms with Crippen LogP contribution < -0.4 is 16.2 Å². The highest BCUT2D eigenvalue weighted by Gasteiger charge is 2.25. The van der Waals surface area contributed by atoms with Crippen LogP contribution in [0.1, 0.15) is 18.1 Å². The lowest BCUT2D eigenvalue weighted by Gasteiger charge is -2.20. The summed E-state index contributed by atoms with van der Waals surface area (Å²) in [6.45, 7) is 1.71. The van der Waals surface area contributed by atoms with Crippen LogP contribution in [0, 0.1) is 11.6 Å². The minimum Gasteiger partial charge on any atom is -0.486 e. The van der Waals surface area contributed by atoms with Crippen LogP contribution in [0.25, 0.3) is 0 Å². The first kappa shape index (κ1) is 16.9. The molecule has 2 rings (SSSR count). The highest BCUT2D eigenvalue weighted by atomic mass is 19.1. The number of nitrogens with two attached hydrogens (primary N) is 2. The van der Waals surface area contributed by atoms with Crippen molar-refractivity contribution < 1.29 is 18.3 Å². The normalized spacial score (nSPS) is 13.4. The summed E-state index contributed by atoms with van der Waals surface area (Å²) in [4.78, 5) is 11.2. The van der Waals surface area contributed by atoms with Crippen molar-refractivity contribution in [1.82, 2.24) is 0 Å². The molecule has 23 heavy (non-hydrogen) atoms. The fourth-order valence-electron chi connectivity index (χ4n) is 2.02. The fraction of sp³-hybridized carbons (Fsp3) is 0.235. The number of halogens is 2. The van der Waals surface area contributed by atoms with Gasteiger partial charge in [0.2, 0.25) is 5.91 Å². The Balaban J connectivity index is 1.99. The van der Waals surface area contributed by atoms with E-state index in [2.05, 4.69) is 0 Å². The first-order valence-electron chi connectivity index (χ1n) is 7.02. The van der Waals surface area contributed by atoms with Gasteiger partial charge in [0.1, 0.15) is 12.4 Å². The minimum atomic E-state index is -1.12. The number of carbonyl (C=O) groups excluding carboxylic acids is 1. The number of ether oxygens (including phenoxy) is 1. The van der Waals surface area contributed by atoms with Crippen LogP contribution in [-0.2, 0) is 17.8 Å². The van der Waals surface area contributed by atoms with E-state index in [-0.39, 0.29) is 12.4 Å². The average molecular weight is 320 g/mol. The topological polar surface area (TPSA) is 78.3 Å². The van der Waals surface area contributed by atoms with Gasteiger partial charge in [-0.2, -0.15) is 0 Å². The molecule has 0 bridgehead atoms. The third-order valence-electron chi connectivity index (χ3n) is 3.45. The van der Waals surface area contributed by atoms with Gasteiger partial charge in [0.25, 0.3) is 0 Å². The van der Waals surface area contributed by atoms with Crippen molar-refractivity contribution in [2.45, 2.75) is 25.5 Å². The molecule has 2 aromatic rings. The van der Waals surface area contributed by atoms with Gasteiger partial charge in [0, 0.05) is 6.07 Å². The van der Waals surface area contributed by atoms with Gasteiger partial charge in [-0.1, -0.05) is 24.3 Å². The molecule has 0 aliphatic heterocycles. The van der Waals surface area contributed by atoms with E-state index in [1.165, 1.54) is 6.07 Å². The Bertz CT molecular complexity index is 700. The largest absolute Gasteiger partial charge is 0.486 e.